The Labute approximate surface area is 190 Å². The smallest absolute Gasteiger partial charge is 0.268 e. The summed E-state index contributed by atoms with van der Waals surface area (Å²) >= 11 is 3.49. The molecule has 3 aromatic carbocycles. The topological polar surface area (TPSA) is 54.3 Å². The summed E-state index contributed by atoms with van der Waals surface area (Å²) in [5, 5.41) is 6.04. The predicted octanol–water partition coefficient (Wildman–Crippen LogP) is 4.82. The molecule has 0 spiro atoms. The van der Waals surface area contributed by atoms with Crippen LogP contribution in [0.5, 0.6) is 0 Å². The van der Waals surface area contributed by atoms with E-state index in [1.165, 1.54) is 3.97 Å². The van der Waals surface area contributed by atoms with Gasteiger partial charge in [0.25, 0.3) is 10.0 Å². The van der Waals surface area contributed by atoms with E-state index in [0.29, 0.717) is 10.4 Å². The van der Waals surface area contributed by atoms with Gasteiger partial charge >= 0.3 is 0 Å². The number of aryl methyl sites for hydroxylation is 2. The van der Waals surface area contributed by atoms with Crippen LogP contribution in [0.3, 0.4) is 0 Å². The summed E-state index contributed by atoms with van der Waals surface area (Å²) in [6.07, 6.45) is 1.73. The maximum Gasteiger partial charge on any atom is 0.268 e. The first-order chi connectivity index (χ1) is 14.9. The van der Waals surface area contributed by atoms with Gasteiger partial charge in [0.15, 0.2) is 0 Å². The van der Waals surface area contributed by atoms with E-state index in [9.17, 15) is 8.42 Å². The Morgan fingerprint density at radius 1 is 0.935 bits per heavy atom. The number of benzene rings is 3. The first-order valence-corrected chi connectivity index (χ1v) is 12.6. The molecule has 0 radical (unpaired) electrons. The van der Waals surface area contributed by atoms with Gasteiger partial charge in [0, 0.05) is 53.3 Å². The Morgan fingerprint density at radius 2 is 1.65 bits per heavy atom. The normalized spacial score (nSPS) is 15.1. The minimum atomic E-state index is -3.81. The van der Waals surface area contributed by atoms with Crippen LogP contribution in [0.2, 0.25) is 0 Å². The lowest BCUT2D eigenvalue weighted by Gasteiger charge is -2.31. The number of fused-ring (bicyclic) bond motifs is 2. The van der Waals surface area contributed by atoms with Crippen molar-refractivity contribution in [1.82, 2.24) is 9.29 Å². The van der Waals surface area contributed by atoms with Crippen LogP contribution >= 0.6 is 15.9 Å². The van der Waals surface area contributed by atoms with Crippen molar-refractivity contribution in [3.05, 3.63) is 70.3 Å². The van der Waals surface area contributed by atoms with Gasteiger partial charge in [-0.15, -0.1) is 0 Å². The number of hydrogen-bond donors (Lipinski definition) is 1. The third-order valence-electron chi connectivity index (χ3n) is 6.18. The lowest BCUT2D eigenvalue weighted by atomic mass is 10.0. The molecule has 31 heavy (non-hydrogen) atoms. The average molecular weight is 498 g/mol. The van der Waals surface area contributed by atoms with Gasteiger partial charge in [-0.05, 0) is 48.6 Å². The molecule has 0 amide bonds. The largest absolute Gasteiger partial charge is 0.369 e. The molecule has 1 aromatic heterocycles. The summed E-state index contributed by atoms with van der Waals surface area (Å²) < 4.78 is 30.4. The molecule has 160 valence electrons. The highest BCUT2D eigenvalue weighted by Gasteiger charge is 2.26. The second-order valence-corrected chi connectivity index (χ2v) is 10.8. The molecule has 4 aromatic rings. The van der Waals surface area contributed by atoms with Crippen molar-refractivity contribution in [2.45, 2.75) is 18.7 Å². The Kier molecular flexibility index (Phi) is 5.07. The summed E-state index contributed by atoms with van der Waals surface area (Å²) in [4.78, 5) is 2.63. The molecule has 7 heteroatoms. The van der Waals surface area contributed by atoms with Crippen LogP contribution < -0.4 is 10.2 Å². The Morgan fingerprint density at radius 3 is 2.39 bits per heavy atom. The summed E-state index contributed by atoms with van der Waals surface area (Å²) in [7, 11) is -3.81. The van der Waals surface area contributed by atoms with Gasteiger partial charge in [-0.25, -0.2) is 12.4 Å². The zero-order valence-corrected chi connectivity index (χ0v) is 19.9. The molecule has 0 aliphatic carbocycles. The highest BCUT2D eigenvalue weighted by Crippen LogP contribution is 2.36. The van der Waals surface area contributed by atoms with Crippen LogP contribution in [0, 0.1) is 13.8 Å². The molecule has 5 rings (SSSR count). The van der Waals surface area contributed by atoms with Crippen LogP contribution in [-0.2, 0) is 10.0 Å². The lowest BCUT2D eigenvalue weighted by Crippen LogP contribution is -2.43. The monoisotopic (exact) mass is 497 g/mol. The fraction of sp³-hybridized carbons (Fsp3) is 0.250. The van der Waals surface area contributed by atoms with Gasteiger partial charge in [-0.3, -0.25) is 0 Å². The second-order valence-electron chi connectivity index (χ2n) is 8.08. The van der Waals surface area contributed by atoms with Crippen molar-refractivity contribution < 1.29 is 8.42 Å². The number of piperazine rings is 1. The Bertz CT molecular complexity index is 1420. The lowest BCUT2D eigenvalue weighted by molar-refractivity contribution is 0.585. The highest BCUT2D eigenvalue weighted by molar-refractivity contribution is 9.10. The quantitative estimate of drug-likeness (QED) is 0.440. The van der Waals surface area contributed by atoms with Crippen molar-refractivity contribution in [3.63, 3.8) is 0 Å². The Hall–Kier alpha value is -2.35. The third-order valence-corrected chi connectivity index (χ3v) is 8.38. The van der Waals surface area contributed by atoms with E-state index in [0.717, 1.165) is 63.6 Å². The van der Waals surface area contributed by atoms with Crippen molar-refractivity contribution >= 4 is 53.3 Å². The van der Waals surface area contributed by atoms with E-state index in [2.05, 4.69) is 33.1 Å². The van der Waals surface area contributed by atoms with Crippen LogP contribution in [-0.4, -0.2) is 38.6 Å². The fourth-order valence-electron chi connectivity index (χ4n) is 4.56. The van der Waals surface area contributed by atoms with Gasteiger partial charge < -0.3 is 10.2 Å². The van der Waals surface area contributed by atoms with Gasteiger partial charge in [0.05, 0.1) is 10.4 Å². The molecule has 0 saturated carbocycles. The zero-order valence-electron chi connectivity index (χ0n) is 17.5. The highest BCUT2D eigenvalue weighted by atomic mass is 79.9. The summed E-state index contributed by atoms with van der Waals surface area (Å²) in [6, 6.07) is 15.4. The molecule has 1 N–H and O–H groups in total. The number of halogens is 1. The molecular formula is C24H24BrN3O2S. The van der Waals surface area contributed by atoms with Crippen LogP contribution in [0.4, 0.5) is 5.69 Å². The molecule has 2 heterocycles. The van der Waals surface area contributed by atoms with Gasteiger partial charge in [-0.1, -0.05) is 46.3 Å². The number of hydrogen-bond acceptors (Lipinski definition) is 4. The van der Waals surface area contributed by atoms with Crippen LogP contribution in [0.15, 0.2) is 64.1 Å². The first kappa shape index (κ1) is 20.5. The van der Waals surface area contributed by atoms with Crippen molar-refractivity contribution in [2.75, 3.05) is 31.1 Å². The summed E-state index contributed by atoms with van der Waals surface area (Å²) in [6.45, 7) is 7.53. The average Bonchev–Trinajstić information content (AvgIpc) is 3.11. The van der Waals surface area contributed by atoms with E-state index < -0.39 is 10.0 Å². The maximum atomic E-state index is 14.0. The maximum absolute atomic E-state index is 14.0. The molecule has 5 nitrogen and oxygen atoms in total. The van der Waals surface area contributed by atoms with E-state index >= 15 is 0 Å². The number of rotatable bonds is 3. The van der Waals surface area contributed by atoms with Gasteiger partial charge in [0.2, 0.25) is 0 Å². The minimum absolute atomic E-state index is 0.346. The molecule has 0 unspecified atom stereocenters. The summed E-state index contributed by atoms with van der Waals surface area (Å²) in [5.41, 5.74) is 3.73. The van der Waals surface area contributed by atoms with E-state index in [4.69, 9.17) is 0 Å². The van der Waals surface area contributed by atoms with Gasteiger partial charge in [0.1, 0.15) is 0 Å². The third kappa shape index (κ3) is 3.35. The number of anilines is 1. The van der Waals surface area contributed by atoms with Crippen molar-refractivity contribution in [3.8, 4) is 0 Å². The SMILES string of the molecule is Cc1c(N2CCNCC2)cc(S(=O)(=O)n2cc(C)c3ccc(Br)cc32)c2ccccc12. The standard InChI is InChI=1S/C24H24BrN3O2S/c1-16-15-28(23-13-18(25)7-8-19(16)23)31(29,30)24-14-22(27-11-9-26-10-12-27)17(2)20-5-3-4-6-21(20)24/h3-8,13-15,26H,9-12H2,1-2H3. The van der Waals surface area contributed by atoms with Crippen molar-refractivity contribution in [1.29, 1.82) is 0 Å². The molecule has 0 atom stereocenters. The first-order valence-electron chi connectivity index (χ1n) is 10.4. The molecule has 0 bridgehead atoms. The minimum Gasteiger partial charge on any atom is -0.369 e. The predicted molar refractivity (Wildman–Crippen MR) is 131 cm³/mol. The fourth-order valence-corrected chi connectivity index (χ4v) is 6.55. The van der Waals surface area contributed by atoms with Gasteiger partial charge in [-0.2, -0.15) is 0 Å². The summed E-state index contributed by atoms with van der Waals surface area (Å²) in [5.74, 6) is 0. The Balaban J connectivity index is 1.80. The van der Waals surface area contributed by atoms with E-state index in [-0.39, 0.29) is 0 Å². The number of nitrogens with one attached hydrogen (secondary N) is 1. The molecule has 1 saturated heterocycles. The van der Waals surface area contributed by atoms with Crippen LogP contribution in [0.1, 0.15) is 11.1 Å². The van der Waals surface area contributed by atoms with Crippen LogP contribution in [0.25, 0.3) is 21.7 Å². The molecule has 1 fully saturated rings. The number of nitrogens with zero attached hydrogens (tertiary/aromatic N) is 2. The van der Waals surface area contributed by atoms with Crippen molar-refractivity contribution in [2.24, 2.45) is 0 Å². The van der Waals surface area contributed by atoms with E-state index in [1.807, 2.05) is 55.5 Å². The molecule has 1 aliphatic heterocycles. The second kappa shape index (κ2) is 7.65. The zero-order chi connectivity index (χ0) is 21.8. The number of aromatic nitrogens is 1. The molecule has 1 aliphatic rings. The van der Waals surface area contributed by atoms with E-state index in [1.54, 1.807) is 6.20 Å². The molecular weight excluding hydrogens is 474 g/mol.